The molecule has 28 heavy (non-hydrogen) atoms. The molecule has 1 N–H and O–H groups in total. The first-order chi connectivity index (χ1) is 13.1. The van der Waals surface area contributed by atoms with Crippen LogP contribution in [0.5, 0.6) is 0 Å². The largest absolute Gasteiger partial charge is 0.456 e. The molecule has 2 aliphatic carbocycles. The number of ether oxygens (including phenoxy) is 1. The van der Waals surface area contributed by atoms with Gasteiger partial charge in [-0.15, -0.1) is 0 Å². The average Bonchev–Trinajstić information content (AvgIpc) is 3.22. The number of hydrogen-bond donors (Lipinski definition) is 1. The molecule has 0 aromatic heterocycles. The first kappa shape index (κ1) is 20.1. The number of fused-ring (bicyclic) bond motifs is 2. The van der Waals surface area contributed by atoms with Crippen LogP contribution in [-0.2, 0) is 20.5 Å². The number of alkyl halides is 3. The molecule has 2 aliphatic rings. The summed E-state index contributed by atoms with van der Waals surface area (Å²) in [5.41, 5.74) is -2.72. The molecular weight excluding hydrogens is 381 g/mol. The minimum Gasteiger partial charge on any atom is -0.456 e. The number of nitrogens with one attached hydrogen (secondary N) is 1. The number of benzene rings is 1. The van der Waals surface area contributed by atoms with Gasteiger partial charge in [0.15, 0.2) is 6.61 Å². The Labute approximate surface area is 158 Å². The van der Waals surface area contributed by atoms with Crippen molar-refractivity contribution < 1.29 is 32.4 Å². The van der Waals surface area contributed by atoms with Gasteiger partial charge in [-0.25, -0.2) is 0 Å². The van der Waals surface area contributed by atoms with E-state index in [4.69, 9.17) is 4.74 Å². The number of rotatable bonds is 6. The maximum Gasteiger partial charge on any atom is 0.418 e. The zero-order valence-corrected chi connectivity index (χ0v) is 14.8. The van der Waals surface area contributed by atoms with Crippen molar-refractivity contribution in [3.8, 4) is 0 Å². The predicted octanol–water partition coefficient (Wildman–Crippen LogP) is 3.92. The number of esters is 1. The quantitative estimate of drug-likeness (QED) is 0.443. The molecule has 152 valence electrons. The third-order valence-corrected chi connectivity index (χ3v) is 5.47. The number of hydrogen-bond acceptors (Lipinski definition) is 5. The second-order valence-corrected chi connectivity index (χ2v) is 7.33. The Kier molecular flexibility index (Phi) is 5.57. The highest BCUT2D eigenvalue weighted by Gasteiger charge is 2.40. The van der Waals surface area contributed by atoms with Crippen LogP contribution in [0.25, 0.3) is 0 Å². The molecule has 1 amide bonds. The summed E-state index contributed by atoms with van der Waals surface area (Å²) in [4.78, 5) is 33.5. The maximum atomic E-state index is 13.1. The van der Waals surface area contributed by atoms with Gasteiger partial charge in [-0.05, 0) is 43.1 Å². The lowest BCUT2D eigenvalue weighted by atomic mass is 9.86. The van der Waals surface area contributed by atoms with Crippen molar-refractivity contribution in [3.05, 3.63) is 33.9 Å². The molecule has 0 saturated heterocycles. The van der Waals surface area contributed by atoms with E-state index in [-0.39, 0.29) is 12.3 Å². The lowest BCUT2D eigenvalue weighted by molar-refractivity contribution is -0.385. The van der Waals surface area contributed by atoms with Crippen LogP contribution in [0.1, 0.15) is 37.7 Å². The van der Waals surface area contributed by atoms with E-state index in [0.29, 0.717) is 17.9 Å². The number of nitrogens with zero attached hydrogens (tertiary/aromatic N) is 1. The Balaban J connectivity index is 1.55. The number of carbonyl (C=O) groups is 2. The van der Waals surface area contributed by atoms with Gasteiger partial charge in [0.25, 0.3) is 11.6 Å². The van der Waals surface area contributed by atoms with Crippen LogP contribution in [0.2, 0.25) is 0 Å². The van der Waals surface area contributed by atoms with Gasteiger partial charge in [-0.2, -0.15) is 13.2 Å². The van der Waals surface area contributed by atoms with Crippen LogP contribution >= 0.6 is 0 Å². The first-order valence-corrected chi connectivity index (χ1v) is 8.94. The van der Waals surface area contributed by atoms with E-state index in [9.17, 15) is 32.9 Å². The molecule has 2 bridgehead atoms. The number of nitro groups is 1. The first-order valence-electron chi connectivity index (χ1n) is 8.94. The van der Waals surface area contributed by atoms with Gasteiger partial charge in [0.2, 0.25) is 0 Å². The maximum absolute atomic E-state index is 13.1. The van der Waals surface area contributed by atoms with Crippen molar-refractivity contribution in [2.75, 3.05) is 11.9 Å². The second-order valence-electron chi connectivity index (χ2n) is 7.33. The Bertz CT molecular complexity index is 796. The smallest absolute Gasteiger partial charge is 0.418 e. The lowest BCUT2D eigenvalue weighted by Crippen LogP contribution is -2.24. The SMILES string of the molecule is O=C(COC(=O)C[C@@H]1C[C@H]2CC[C@H]1C2)Nc1ccc([N+](=O)[O-])cc1C(F)(F)F. The highest BCUT2D eigenvalue weighted by Crippen LogP contribution is 2.49. The molecule has 2 saturated carbocycles. The summed E-state index contributed by atoms with van der Waals surface area (Å²) >= 11 is 0. The molecule has 0 heterocycles. The van der Waals surface area contributed by atoms with E-state index >= 15 is 0 Å². The number of nitro benzene ring substituents is 1. The van der Waals surface area contributed by atoms with Crippen molar-refractivity contribution in [2.45, 2.75) is 38.3 Å². The van der Waals surface area contributed by atoms with Gasteiger partial charge in [0, 0.05) is 18.6 Å². The molecule has 1 aromatic rings. The van der Waals surface area contributed by atoms with E-state index in [0.717, 1.165) is 31.4 Å². The van der Waals surface area contributed by atoms with E-state index in [1.54, 1.807) is 0 Å². The number of non-ortho nitro benzene ring substituents is 1. The molecule has 7 nitrogen and oxygen atoms in total. The van der Waals surface area contributed by atoms with Crippen LogP contribution in [-0.4, -0.2) is 23.4 Å². The van der Waals surface area contributed by atoms with Crippen LogP contribution < -0.4 is 5.32 Å². The Hall–Kier alpha value is -2.65. The molecule has 0 radical (unpaired) electrons. The monoisotopic (exact) mass is 400 g/mol. The van der Waals surface area contributed by atoms with E-state index in [1.807, 2.05) is 5.32 Å². The summed E-state index contributed by atoms with van der Waals surface area (Å²) in [6, 6.07) is 2.00. The minimum absolute atomic E-state index is 0.208. The number of carbonyl (C=O) groups excluding carboxylic acids is 2. The molecule has 2 fully saturated rings. The highest BCUT2D eigenvalue weighted by atomic mass is 19.4. The fourth-order valence-corrected chi connectivity index (χ4v) is 4.22. The van der Waals surface area contributed by atoms with Gasteiger partial charge in [0.1, 0.15) is 0 Å². The number of halogens is 3. The fraction of sp³-hybridized carbons (Fsp3) is 0.556. The van der Waals surface area contributed by atoms with Crippen LogP contribution in [0.15, 0.2) is 18.2 Å². The zero-order valence-electron chi connectivity index (χ0n) is 14.8. The van der Waals surface area contributed by atoms with Gasteiger partial charge in [-0.3, -0.25) is 19.7 Å². The Morgan fingerprint density at radius 1 is 1.25 bits per heavy atom. The summed E-state index contributed by atoms with van der Waals surface area (Å²) < 4.78 is 44.2. The Morgan fingerprint density at radius 3 is 2.57 bits per heavy atom. The van der Waals surface area contributed by atoms with Gasteiger partial charge >= 0.3 is 12.1 Å². The predicted molar refractivity (Wildman–Crippen MR) is 91.2 cm³/mol. The van der Waals surface area contributed by atoms with Crippen molar-refractivity contribution in [1.82, 2.24) is 0 Å². The van der Waals surface area contributed by atoms with E-state index in [1.165, 1.54) is 6.42 Å². The highest BCUT2D eigenvalue weighted by molar-refractivity contribution is 5.93. The summed E-state index contributed by atoms with van der Waals surface area (Å²) in [7, 11) is 0. The minimum atomic E-state index is -4.90. The third-order valence-electron chi connectivity index (χ3n) is 5.47. The summed E-state index contributed by atoms with van der Waals surface area (Å²) in [6.45, 7) is -0.714. The molecule has 10 heteroatoms. The van der Waals surface area contributed by atoms with Crippen molar-refractivity contribution in [3.63, 3.8) is 0 Å². The standard InChI is InChI=1S/C18H19F3N2O5/c19-18(20,21)14-8-13(23(26)27)3-4-15(14)22-16(24)9-28-17(25)7-12-6-10-1-2-11(12)5-10/h3-4,8,10-12H,1-2,5-7,9H2,(H,22,24)/t10-,11-,12-/m0/s1. The van der Waals surface area contributed by atoms with E-state index in [2.05, 4.69) is 0 Å². The van der Waals surface area contributed by atoms with E-state index < -0.39 is 46.5 Å². The van der Waals surface area contributed by atoms with Crippen LogP contribution in [0.4, 0.5) is 24.5 Å². The zero-order chi connectivity index (χ0) is 20.5. The molecule has 3 atom stereocenters. The fourth-order valence-electron chi connectivity index (χ4n) is 4.22. The second kappa shape index (κ2) is 7.76. The van der Waals surface area contributed by atoms with Gasteiger partial charge in [0.05, 0.1) is 16.2 Å². The summed E-state index contributed by atoms with van der Waals surface area (Å²) in [5, 5.41) is 12.7. The van der Waals surface area contributed by atoms with Crippen molar-refractivity contribution >= 4 is 23.3 Å². The van der Waals surface area contributed by atoms with Crippen LogP contribution in [0, 0.1) is 27.9 Å². The molecule has 1 aromatic carbocycles. The van der Waals surface area contributed by atoms with Gasteiger partial charge in [-0.1, -0.05) is 6.42 Å². The van der Waals surface area contributed by atoms with Crippen molar-refractivity contribution in [1.29, 1.82) is 0 Å². The Morgan fingerprint density at radius 2 is 2.00 bits per heavy atom. The average molecular weight is 400 g/mol. The molecule has 3 rings (SSSR count). The summed E-state index contributed by atoms with van der Waals surface area (Å²) in [5.74, 6) is -0.0660. The molecule has 0 unspecified atom stereocenters. The third kappa shape index (κ3) is 4.60. The lowest BCUT2D eigenvalue weighted by Gasteiger charge is -2.20. The van der Waals surface area contributed by atoms with Crippen molar-refractivity contribution in [2.24, 2.45) is 17.8 Å². The van der Waals surface area contributed by atoms with Gasteiger partial charge < -0.3 is 10.1 Å². The molecule has 0 aliphatic heterocycles. The molecule has 0 spiro atoms. The normalized spacial score (nSPS) is 23.5. The van der Waals surface area contributed by atoms with Crippen LogP contribution in [0.3, 0.4) is 0 Å². The topological polar surface area (TPSA) is 98.5 Å². The number of amides is 1. The number of anilines is 1. The molecular formula is C18H19F3N2O5. The summed E-state index contributed by atoms with van der Waals surface area (Å²) in [6.07, 6.45) is -0.297.